The molecule has 0 atom stereocenters. The number of nitrogens with one attached hydrogen (secondary N) is 1. The third-order valence-corrected chi connectivity index (χ3v) is 4.97. The molecule has 1 heterocycles. The van der Waals surface area contributed by atoms with Gasteiger partial charge in [0.05, 0.1) is 11.5 Å². The van der Waals surface area contributed by atoms with Gasteiger partial charge in [0.2, 0.25) is 0 Å². The number of carbonyl (C=O) groups is 2. The number of hydrogen-bond acceptors (Lipinski definition) is 8. The molecule has 0 fully saturated rings. The summed E-state index contributed by atoms with van der Waals surface area (Å²) in [5, 5.41) is 14.0. The van der Waals surface area contributed by atoms with Crippen molar-refractivity contribution in [3.63, 3.8) is 0 Å². The third kappa shape index (κ3) is 6.09. The lowest BCUT2D eigenvalue weighted by atomic mass is 10.1. The maximum atomic E-state index is 12.2. The van der Waals surface area contributed by atoms with Gasteiger partial charge in [-0.2, -0.15) is 0 Å². The molecule has 0 unspecified atom stereocenters. The molecule has 1 N–H and O–H groups in total. The molecule has 0 saturated heterocycles. The van der Waals surface area contributed by atoms with Crippen molar-refractivity contribution in [1.82, 2.24) is 4.98 Å². The molecule has 10 heteroatoms. The molecule has 9 nitrogen and oxygen atoms in total. The smallest absolute Gasteiger partial charge is 0.269 e. The second-order valence-electron chi connectivity index (χ2n) is 6.33. The number of rotatable bonds is 10. The summed E-state index contributed by atoms with van der Waals surface area (Å²) in [7, 11) is 0. The topological polar surface area (TPSA) is 121 Å². The molecule has 160 valence electrons. The highest BCUT2D eigenvalue weighted by Gasteiger charge is 2.12. The molecule has 3 aromatic rings. The van der Waals surface area contributed by atoms with Gasteiger partial charge in [0.1, 0.15) is 6.29 Å². The van der Waals surface area contributed by atoms with Gasteiger partial charge in [-0.15, -0.1) is 11.3 Å². The van der Waals surface area contributed by atoms with E-state index in [1.165, 1.54) is 23.5 Å². The first-order valence-corrected chi connectivity index (χ1v) is 10.1. The number of nitro groups is 1. The molecule has 1 amide bonds. The van der Waals surface area contributed by atoms with Gasteiger partial charge in [0.15, 0.2) is 23.2 Å². The Morgan fingerprint density at radius 3 is 2.81 bits per heavy atom. The van der Waals surface area contributed by atoms with E-state index in [4.69, 9.17) is 9.47 Å². The Hall–Kier alpha value is -3.79. The van der Waals surface area contributed by atoms with E-state index in [0.29, 0.717) is 41.5 Å². The summed E-state index contributed by atoms with van der Waals surface area (Å²) in [5.41, 5.74) is 1.25. The van der Waals surface area contributed by atoms with Gasteiger partial charge >= 0.3 is 0 Å². The summed E-state index contributed by atoms with van der Waals surface area (Å²) >= 11 is 1.28. The van der Waals surface area contributed by atoms with Crippen molar-refractivity contribution in [1.29, 1.82) is 0 Å². The van der Waals surface area contributed by atoms with Crippen LogP contribution in [0.5, 0.6) is 11.5 Å². The lowest BCUT2D eigenvalue weighted by Crippen LogP contribution is -2.20. The van der Waals surface area contributed by atoms with Crippen molar-refractivity contribution in [3.05, 3.63) is 74.8 Å². The molecule has 31 heavy (non-hydrogen) atoms. The van der Waals surface area contributed by atoms with E-state index >= 15 is 0 Å². The number of aldehydes is 1. The number of benzene rings is 2. The number of carbonyl (C=O) groups excluding carboxylic acids is 2. The molecule has 3 rings (SSSR count). The van der Waals surface area contributed by atoms with Gasteiger partial charge < -0.3 is 9.47 Å². The van der Waals surface area contributed by atoms with Gasteiger partial charge in [-0.25, -0.2) is 4.98 Å². The number of nitro benzene ring substituents is 1. The van der Waals surface area contributed by atoms with Crippen molar-refractivity contribution >= 4 is 34.3 Å². The van der Waals surface area contributed by atoms with Crippen LogP contribution in [0.2, 0.25) is 0 Å². The van der Waals surface area contributed by atoms with Crippen LogP contribution in [0.15, 0.2) is 48.7 Å². The summed E-state index contributed by atoms with van der Waals surface area (Å²) < 4.78 is 11.0. The lowest BCUT2D eigenvalue weighted by molar-refractivity contribution is -0.384. The van der Waals surface area contributed by atoms with Crippen molar-refractivity contribution in [2.45, 2.75) is 13.3 Å². The summed E-state index contributed by atoms with van der Waals surface area (Å²) in [4.78, 5) is 38.6. The maximum absolute atomic E-state index is 12.2. The predicted molar refractivity (Wildman–Crippen MR) is 115 cm³/mol. The van der Waals surface area contributed by atoms with Crippen LogP contribution in [-0.2, 0) is 11.2 Å². The van der Waals surface area contributed by atoms with E-state index in [2.05, 4.69) is 10.3 Å². The third-order valence-electron chi connectivity index (χ3n) is 4.06. The number of nitrogens with zero attached hydrogens (tertiary/aromatic N) is 2. The van der Waals surface area contributed by atoms with Crippen LogP contribution < -0.4 is 14.8 Å². The SMILES string of the molecule is CCOc1cc(C=O)ccc1OCC(=O)Nc1ncc(Cc2cccc([N+](=O)[O-])c2)s1. The molecule has 2 aromatic carbocycles. The fraction of sp³-hybridized carbons (Fsp3) is 0.190. The number of aromatic nitrogens is 1. The molecule has 1 aromatic heterocycles. The summed E-state index contributed by atoms with van der Waals surface area (Å²) in [6.07, 6.45) is 2.78. The second-order valence-corrected chi connectivity index (χ2v) is 7.44. The van der Waals surface area contributed by atoms with Crippen molar-refractivity contribution in [3.8, 4) is 11.5 Å². The minimum absolute atomic E-state index is 0.0280. The lowest BCUT2D eigenvalue weighted by Gasteiger charge is -2.11. The van der Waals surface area contributed by atoms with Gasteiger partial charge in [-0.05, 0) is 30.7 Å². The van der Waals surface area contributed by atoms with Crippen LogP contribution in [-0.4, -0.2) is 35.3 Å². The van der Waals surface area contributed by atoms with Gasteiger partial charge in [-0.1, -0.05) is 12.1 Å². The Balaban J connectivity index is 1.57. The molecule has 0 saturated carbocycles. The quantitative estimate of drug-likeness (QED) is 0.288. The van der Waals surface area contributed by atoms with E-state index < -0.39 is 10.8 Å². The largest absolute Gasteiger partial charge is 0.490 e. The molecular weight excluding hydrogens is 422 g/mol. The van der Waals surface area contributed by atoms with Crippen LogP contribution in [0.3, 0.4) is 0 Å². The molecule has 0 aliphatic carbocycles. The predicted octanol–water partition coefficient (Wildman–Crippen LogP) is 3.87. The van der Waals surface area contributed by atoms with Crippen LogP contribution in [0.25, 0.3) is 0 Å². The van der Waals surface area contributed by atoms with Crippen molar-refractivity contribution in [2.75, 3.05) is 18.5 Å². The number of anilines is 1. The molecule has 0 radical (unpaired) electrons. The van der Waals surface area contributed by atoms with Crippen LogP contribution in [0.1, 0.15) is 27.7 Å². The zero-order valence-electron chi connectivity index (χ0n) is 16.6. The minimum atomic E-state index is -0.439. The summed E-state index contributed by atoms with van der Waals surface area (Å²) in [5.74, 6) is 0.333. The monoisotopic (exact) mass is 441 g/mol. The Kier molecular flexibility index (Phi) is 7.28. The summed E-state index contributed by atoms with van der Waals surface area (Å²) in [6.45, 7) is 1.93. The van der Waals surface area contributed by atoms with Crippen LogP contribution >= 0.6 is 11.3 Å². The fourth-order valence-corrected chi connectivity index (χ4v) is 3.58. The van der Waals surface area contributed by atoms with E-state index in [1.807, 2.05) is 0 Å². The van der Waals surface area contributed by atoms with Gasteiger partial charge in [0, 0.05) is 35.2 Å². The Labute approximate surface area is 181 Å². The molecule has 0 aliphatic rings. The zero-order valence-corrected chi connectivity index (χ0v) is 17.4. The molecule has 0 bridgehead atoms. The fourth-order valence-electron chi connectivity index (χ4n) is 2.71. The Morgan fingerprint density at radius 1 is 1.23 bits per heavy atom. The Morgan fingerprint density at radius 2 is 2.06 bits per heavy atom. The average molecular weight is 441 g/mol. The van der Waals surface area contributed by atoms with Crippen molar-refractivity contribution < 1.29 is 24.0 Å². The normalized spacial score (nSPS) is 10.4. The number of amides is 1. The number of hydrogen-bond donors (Lipinski definition) is 1. The Bertz CT molecular complexity index is 1100. The first-order chi connectivity index (χ1) is 15.0. The first kappa shape index (κ1) is 21.9. The highest BCUT2D eigenvalue weighted by Crippen LogP contribution is 2.28. The highest BCUT2D eigenvalue weighted by molar-refractivity contribution is 7.15. The minimum Gasteiger partial charge on any atom is -0.490 e. The van der Waals surface area contributed by atoms with E-state index in [9.17, 15) is 19.7 Å². The maximum Gasteiger partial charge on any atom is 0.269 e. The van der Waals surface area contributed by atoms with E-state index in [1.54, 1.807) is 43.5 Å². The van der Waals surface area contributed by atoms with Crippen molar-refractivity contribution in [2.24, 2.45) is 0 Å². The van der Waals surface area contributed by atoms with Crippen LogP contribution in [0.4, 0.5) is 10.8 Å². The standard InChI is InChI=1S/C21H19N3O6S/c1-2-29-19-10-15(12-25)6-7-18(19)30-13-20(26)23-21-22-11-17(31-21)9-14-4-3-5-16(8-14)24(27)28/h3-8,10-12H,2,9,13H2,1H3,(H,22,23,26). The average Bonchev–Trinajstić information content (AvgIpc) is 3.19. The first-order valence-electron chi connectivity index (χ1n) is 9.31. The van der Waals surface area contributed by atoms with E-state index in [-0.39, 0.29) is 12.3 Å². The zero-order chi connectivity index (χ0) is 22.2. The summed E-state index contributed by atoms with van der Waals surface area (Å²) in [6, 6.07) is 11.1. The van der Waals surface area contributed by atoms with Crippen LogP contribution in [0, 0.1) is 10.1 Å². The van der Waals surface area contributed by atoms with E-state index in [0.717, 1.165) is 10.4 Å². The molecular formula is C21H19N3O6S. The number of ether oxygens (including phenoxy) is 2. The molecule has 0 aliphatic heterocycles. The second kappa shape index (κ2) is 10.3. The number of non-ortho nitro benzene ring substituents is 1. The van der Waals surface area contributed by atoms with Gasteiger partial charge in [-0.3, -0.25) is 25.0 Å². The number of thiazole rings is 1. The molecule has 0 spiro atoms. The highest BCUT2D eigenvalue weighted by atomic mass is 32.1. The van der Waals surface area contributed by atoms with Gasteiger partial charge in [0.25, 0.3) is 11.6 Å².